The van der Waals surface area contributed by atoms with Crippen molar-refractivity contribution < 1.29 is 13.2 Å². The van der Waals surface area contributed by atoms with Crippen molar-refractivity contribution in [2.45, 2.75) is 25.6 Å². The van der Waals surface area contributed by atoms with Gasteiger partial charge >= 0.3 is 6.18 Å². The predicted molar refractivity (Wildman–Crippen MR) is 65.5 cm³/mol. The van der Waals surface area contributed by atoms with Gasteiger partial charge in [0, 0.05) is 10.5 Å². The first-order valence-corrected chi connectivity index (χ1v) is 5.77. The van der Waals surface area contributed by atoms with Crippen LogP contribution in [0.4, 0.5) is 13.2 Å². The molecule has 17 heavy (non-hydrogen) atoms. The predicted octanol–water partition coefficient (Wildman–Crippen LogP) is 4.43. The molecular weight excluding hydrogens is 295 g/mol. The summed E-state index contributed by atoms with van der Waals surface area (Å²) < 4.78 is 38.2. The van der Waals surface area contributed by atoms with Crippen molar-refractivity contribution >= 4 is 15.9 Å². The lowest BCUT2D eigenvalue weighted by molar-refractivity contribution is -0.137. The Kier molecular flexibility index (Phi) is 4.38. The second kappa shape index (κ2) is 5.23. The molecule has 1 rings (SSSR count). The SMILES string of the molecule is C=C(C)C[C@@H](N)c1cc(C(F)(F)F)ccc1Br. The van der Waals surface area contributed by atoms with Crippen molar-refractivity contribution in [3.05, 3.63) is 46.0 Å². The Morgan fingerprint density at radius 2 is 2.06 bits per heavy atom. The second-order valence-electron chi connectivity index (χ2n) is 4.00. The molecular formula is C12H13BrF3N. The van der Waals surface area contributed by atoms with E-state index in [1.54, 1.807) is 6.92 Å². The van der Waals surface area contributed by atoms with E-state index in [0.29, 0.717) is 16.5 Å². The van der Waals surface area contributed by atoms with Gasteiger partial charge in [0.05, 0.1) is 5.56 Å². The molecule has 0 heterocycles. The zero-order valence-electron chi connectivity index (χ0n) is 9.31. The summed E-state index contributed by atoms with van der Waals surface area (Å²) in [6.45, 7) is 5.50. The van der Waals surface area contributed by atoms with Gasteiger partial charge in [0.2, 0.25) is 0 Å². The molecule has 2 N–H and O–H groups in total. The quantitative estimate of drug-likeness (QED) is 0.821. The maximum atomic E-state index is 12.6. The lowest BCUT2D eigenvalue weighted by atomic mass is 9.99. The first-order chi connectivity index (χ1) is 7.71. The van der Waals surface area contributed by atoms with Crippen molar-refractivity contribution in [3.63, 3.8) is 0 Å². The van der Waals surface area contributed by atoms with Crippen molar-refractivity contribution in [3.8, 4) is 0 Å². The van der Waals surface area contributed by atoms with E-state index in [4.69, 9.17) is 5.73 Å². The molecule has 1 aromatic rings. The van der Waals surface area contributed by atoms with E-state index in [2.05, 4.69) is 22.5 Å². The van der Waals surface area contributed by atoms with Gasteiger partial charge in [-0.05, 0) is 37.1 Å². The number of hydrogen-bond donors (Lipinski definition) is 1. The maximum Gasteiger partial charge on any atom is 0.416 e. The summed E-state index contributed by atoms with van der Waals surface area (Å²) in [6.07, 6.45) is -3.89. The number of alkyl halides is 3. The van der Waals surface area contributed by atoms with Crippen LogP contribution in [0.2, 0.25) is 0 Å². The molecule has 1 nitrogen and oxygen atoms in total. The van der Waals surface area contributed by atoms with Crippen LogP contribution in [0.15, 0.2) is 34.8 Å². The second-order valence-corrected chi connectivity index (χ2v) is 4.86. The lowest BCUT2D eigenvalue weighted by Gasteiger charge is -2.16. The van der Waals surface area contributed by atoms with Crippen molar-refractivity contribution in [2.24, 2.45) is 5.73 Å². The molecule has 94 valence electrons. The fourth-order valence-corrected chi connectivity index (χ4v) is 2.03. The van der Waals surface area contributed by atoms with Gasteiger partial charge in [-0.15, -0.1) is 6.58 Å². The minimum absolute atomic E-state index is 0.447. The van der Waals surface area contributed by atoms with Crippen molar-refractivity contribution in [2.75, 3.05) is 0 Å². The van der Waals surface area contributed by atoms with Crippen LogP contribution < -0.4 is 5.73 Å². The fourth-order valence-electron chi connectivity index (χ4n) is 1.49. The van der Waals surface area contributed by atoms with Crippen LogP contribution in [0.1, 0.15) is 30.5 Å². The zero-order valence-corrected chi connectivity index (χ0v) is 10.9. The molecule has 1 atom stereocenters. The van der Waals surface area contributed by atoms with Crippen LogP contribution in [0.25, 0.3) is 0 Å². The van der Waals surface area contributed by atoms with E-state index in [-0.39, 0.29) is 0 Å². The Hall–Kier alpha value is -0.810. The highest BCUT2D eigenvalue weighted by Gasteiger charge is 2.31. The number of rotatable bonds is 3. The summed E-state index contributed by atoms with van der Waals surface area (Å²) >= 11 is 3.21. The van der Waals surface area contributed by atoms with Crippen LogP contribution in [0.5, 0.6) is 0 Å². The monoisotopic (exact) mass is 307 g/mol. The highest BCUT2D eigenvalue weighted by atomic mass is 79.9. The Morgan fingerprint density at radius 1 is 1.47 bits per heavy atom. The zero-order chi connectivity index (χ0) is 13.2. The smallest absolute Gasteiger partial charge is 0.324 e. The molecule has 0 unspecified atom stereocenters. The number of benzene rings is 1. The Labute approximate surface area is 107 Å². The third-order valence-corrected chi connectivity index (χ3v) is 3.01. The number of nitrogens with two attached hydrogens (primary N) is 1. The molecule has 0 spiro atoms. The van der Waals surface area contributed by atoms with E-state index in [0.717, 1.165) is 17.7 Å². The van der Waals surface area contributed by atoms with E-state index in [1.807, 2.05) is 0 Å². The molecule has 0 saturated carbocycles. The normalized spacial score (nSPS) is 13.5. The molecule has 0 aliphatic rings. The van der Waals surface area contributed by atoms with Crippen molar-refractivity contribution in [1.82, 2.24) is 0 Å². The number of hydrogen-bond acceptors (Lipinski definition) is 1. The van der Waals surface area contributed by atoms with Crippen LogP contribution in [-0.4, -0.2) is 0 Å². The molecule has 0 radical (unpaired) electrons. The van der Waals surface area contributed by atoms with Gasteiger partial charge in [-0.25, -0.2) is 0 Å². The van der Waals surface area contributed by atoms with Crippen LogP contribution in [-0.2, 0) is 6.18 Å². The molecule has 0 fully saturated rings. The Balaban J connectivity index is 3.10. The van der Waals surface area contributed by atoms with Gasteiger partial charge in [0.1, 0.15) is 0 Å². The van der Waals surface area contributed by atoms with Crippen LogP contribution >= 0.6 is 15.9 Å². The summed E-state index contributed by atoms with van der Waals surface area (Å²) in [7, 11) is 0. The first kappa shape index (κ1) is 14.3. The van der Waals surface area contributed by atoms with E-state index in [9.17, 15) is 13.2 Å². The summed E-state index contributed by atoms with van der Waals surface area (Å²) in [4.78, 5) is 0. The molecule has 0 bridgehead atoms. The maximum absolute atomic E-state index is 12.6. The third-order valence-electron chi connectivity index (χ3n) is 2.29. The Morgan fingerprint density at radius 3 is 2.53 bits per heavy atom. The third kappa shape index (κ3) is 3.85. The summed E-state index contributed by atoms with van der Waals surface area (Å²) in [5.74, 6) is 0. The average Bonchev–Trinajstić information content (AvgIpc) is 2.15. The minimum Gasteiger partial charge on any atom is -0.324 e. The molecule has 0 amide bonds. The molecule has 0 aliphatic carbocycles. The number of halogens is 4. The topological polar surface area (TPSA) is 26.0 Å². The average molecular weight is 308 g/mol. The van der Waals surface area contributed by atoms with Gasteiger partial charge in [-0.2, -0.15) is 13.2 Å². The molecule has 0 saturated heterocycles. The standard InChI is InChI=1S/C12H13BrF3N/c1-7(2)5-11(17)9-6-8(12(14,15)16)3-4-10(9)13/h3-4,6,11H,1,5,17H2,2H3/t11-/m1/s1. The van der Waals surface area contributed by atoms with Gasteiger partial charge < -0.3 is 5.73 Å². The fraction of sp³-hybridized carbons (Fsp3) is 0.333. The summed E-state index contributed by atoms with van der Waals surface area (Å²) in [5, 5.41) is 0. The Bertz CT molecular complexity index is 426. The highest BCUT2D eigenvalue weighted by Crippen LogP contribution is 2.34. The minimum atomic E-state index is -4.35. The largest absolute Gasteiger partial charge is 0.416 e. The van der Waals surface area contributed by atoms with E-state index in [1.165, 1.54) is 6.07 Å². The van der Waals surface area contributed by atoms with Crippen molar-refractivity contribution in [1.29, 1.82) is 0 Å². The van der Waals surface area contributed by atoms with Gasteiger partial charge in [-0.3, -0.25) is 0 Å². The summed E-state index contributed by atoms with van der Waals surface area (Å²) in [6, 6.07) is 3.00. The molecule has 0 aromatic heterocycles. The van der Waals surface area contributed by atoms with E-state index >= 15 is 0 Å². The van der Waals surface area contributed by atoms with Gasteiger partial charge in [0.25, 0.3) is 0 Å². The van der Waals surface area contributed by atoms with Gasteiger partial charge in [0.15, 0.2) is 0 Å². The first-order valence-electron chi connectivity index (χ1n) is 4.98. The van der Waals surface area contributed by atoms with Crippen LogP contribution in [0, 0.1) is 0 Å². The van der Waals surface area contributed by atoms with Gasteiger partial charge in [-0.1, -0.05) is 21.5 Å². The summed E-state index contributed by atoms with van der Waals surface area (Å²) in [5.41, 5.74) is 6.45. The molecule has 5 heteroatoms. The molecule has 1 aromatic carbocycles. The van der Waals surface area contributed by atoms with Crippen LogP contribution in [0.3, 0.4) is 0 Å². The van der Waals surface area contributed by atoms with E-state index < -0.39 is 17.8 Å². The highest BCUT2D eigenvalue weighted by molar-refractivity contribution is 9.10. The molecule has 0 aliphatic heterocycles. The lowest BCUT2D eigenvalue weighted by Crippen LogP contribution is -2.13.